The minimum atomic E-state index is -0.971. The summed E-state index contributed by atoms with van der Waals surface area (Å²) in [5, 5.41) is 3.05. The predicted octanol–water partition coefficient (Wildman–Crippen LogP) is 3.79. The number of nitrogens with two attached hydrogens (primary N) is 1. The summed E-state index contributed by atoms with van der Waals surface area (Å²) in [5.41, 5.74) is 7.26. The lowest BCUT2D eigenvalue weighted by molar-refractivity contribution is -0.129. The van der Waals surface area contributed by atoms with Crippen LogP contribution in [0.2, 0.25) is 5.02 Å². The summed E-state index contributed by atoms with van der Waals surface area (Å²) >= 11 is 5.98. The van der Waals surface area contributed by atoms with E-state index in [4.69, 9.17) is 26.8 Å². The molecule has 0 radical (unpaired) electrons. The van der Waals surface area contributed by atoms with Gasteiger partial charge in [0.1, 0.15) is 11.3 Å². The number of nitrogens with one attached hydrogen (secondary N) is 1. The smallest absolute Gasteiger partial charge is 0.342 e. The Hall–Kier alpha value is -2.73. The van der Waals surface area contributed by atoms with E-state index in [1.807, 2.05) is 30.3 Å². The second-order valence-electron chi connectivity index (χ2n) is 6.38. The van der Waals surface area contributed by atoms with Crippen LogP contribution in [0.15, 0.2) is 42.5 Å². The lowest BCUT2D eigenvalue weighted by Crippen LogP contribution is -2.38. The second-order valence-corrected chi connectivity index (χ2v) is 6.79. The Morgan fingerprint density at radius 3 is 2.50 bits per heavy atom. The molecule has 0 saturated carbocycles. The average molecular weight is 405 g/mol. The van der Waals surface area contributed by atoms with Crippen molar-refractivity contribution in [3.05, 3.63) is 58.6 Å². The first kappa shape index (κ1) is 21.6. The Labute approximate surface area is 170 Å². The minimum Gasteiger partial charge on any atom is -0.496 e. The fraction of sp³-hybridized carbons (Fsp3) is 0.333. The van der Waals surface area contributed by atoms with Crippen LogP contribution in [0.4, 0.5) is 5.69 Å². The molecule has 0 unspecified atom stereocenters. The van der Waals surface area contributed by atoms with Gasteiger partial charge in [0.05, 0.1) is 17.8 Å². The molecule has 0 bridgehead atoms. The van der Waals surface area contributed by atoms with Gasteiger partial charge in [0, 0.05) is 18.5 Å². The fourth-order valence-corrected chi connectivity index (χ4v) is 2.93. The standard InChI is InChI=1S/C21H25ClN2O4/c1-4-14(15-8-6-5-7-9-15)12-24-20(25)13(2)28-21(26)16-10-17(22)18(23)11-19(16)27-3/h5-11,13-14H,4,12,23H2,1-3H3,(H,24,25)/t13-,14+/m0/s1. The zero-order chi connectivity index (χ0) is 20.7. The normalized spacial score (nSPS) is 12.7. The van der Waals surface area contributed by atoms with E-state index in [1.165, 1.54) is 26.2 Å². The lowest BCUT2D eigenvalue weighted by Gasteiger charge is -2.19. The first-order valence-electron chi connectivity index (χ1n) is 9.04. The summed E-state index contributed by atoms with van der Waals surface area (Å²) in [6.45, 7) is 4.03. The van der Waals surface area contributed by atoms with E-state index in [-0.39, 0.29) is 33.8 Å². The van der Waals surface area contributed by atoms with Gasteiger partial charge in [-0.05, 0) is 25.0 Å². The van der Waals surface area contributed by atoms with Gasteiger partial charge in [0.2, 0.25) is 0 Å². The number of rotatable bonds is 8. The predicted molar refractivity (Wildman–Crippen MR) is 110 cm³/mol. The molecule has 1 amide bonds. The maximum Gasteiger partial charge on any atom is 0.342 e. The molecule has 0 spiro atoms. The number of amides is 1. The average Bonchev–Trinajstić information content (AvgIpc) is 2.70. The van der Waals surface area contributed by atoms with Crippen molar-refractivity contribution in [2.45, 2.75) is 32.3 Å². The molecule has 0 heterocycles. The van der Waals surface area contributed by atoms with Gasteiger partial charge >= 0.3 is 5.97 Å². The van der Waals surface area contributed by atoms with E-state index in [9.17, 15) is 9.59 Å². The first-order chi connectivity index (χ1) is 13.4. The SMILES string of the molecule is CC[C@H](CNC(=O)[C@H](C)OC(=O)c1cc(Cl)c(N)cc1OC)c1ccccc1. The molecule has 0 aromatic heterocycles. The molecular formula is C21H25ClN2O4. The Morgan fingerprint density at radius 2 is 1.89 bits per heavy atom. The van der Waals surface area contributed by atoms with Crippen molar-refractivity contribution in [1.82, 2.24) is 5.32 Å². The van der Waals surface area contributed by atoms with Gasteiger partial charge in [0.15, 0.2) is 6.10 Å². The largest absolute Gasteiger partial charge is 0.496 e. The number of methoxy groups -OCH3 is 1. The zero-order valence-electron chi connectivity index (χ0n) is 16.2. The van der Waals surface area contributed by atoms with Gasteiger partial charge in [-0.3, -0.25) is 4.79 Å². The Morgan fingerprint density at radius 1 is 1.21 bits per heavy atom. The molecule has 0 aliphatic rings. The number of hydrogen-bond donors (Lipinski definition) is 2. The summed E-state index contributed by atoms with van der Waals surface area (Å²) in [7, 11) is 1.41. The number of nitrogen functional groups attached to an aromatic ring is 1. The summed E-state index contributed by atoms with van der Waals surface area (Å²) < 4.78 is 10.4. The summed E-state index contributed by atoms with van der Waals surface area (Å²) in [4.78, 5) is 24.8. The number of carbonyl (C=O) groups excluding carboxylic acids is 2. The molecule has 0 saturated heterocycles. The Bertz CT molecular complexity index is 827. The zero-order valence-corrected chi connectivity index (χ0v) is 17.0. The number of ether oxygens (including phenoxy) is 2. The van der Waals surface area contributed by atoms with Crippen LogP contribution in [0.1, 0.15) is 42.1 Å². The van der Waals surface area contributed by atoms with Crippen molar-refractivity contribution < 1.29 is 19.1 Å². The molecular weight excluding hydrogens is 380 g/mol. The van der Waals surface area contributed by atoms with Crippen LogP contribution < -0.4 is 15.8 Å². The van der Waals surface area contributed by atoms with Crippen molar-refractivity contribution in [1.29, 1.82) is 0 Å². The molecule has 2 atom stereocenters. The topological polar surface area (TPSA) is 90.7 Å². The van der Waals surface area contributed by atoms with Gasteiger partial charge in [0.25, 0.3) is 5.91 Å². The highest BCUT2D eigenvalue weighted by atomic mass is 35.5. The molecule has 28 heavy (non-hydrogen) atoms. The quantitative estimate of drug-likeness (QED) is 0.516. The maximum absolute atomic E-state index is 12.4. The summed E-state index contributed by atoms with van der Waals surface area (Å²) in [6, 6.07) is 12.8. The second kappa shape index (κ2) is 9.99. The van der Waals surface area contributed by atoms with Crippen molar-refractivity contribution in [3.8, 4) is 5.75 Å². The lowest BCUT2D eigenvalue weighted by atomic mass is 9.96. The van der Waals surface area contributed by atoms with Crippen LogP contribution in [-0.2, 0) is 9.53 Å². The van der Waals surface area contributed by atoms with Gasteiger partial charge in [-0.15, -0.1) is 0 Å². The number of hydrogen-bond acceptors (Lipinski definition) is 5. The van der Waals surface area contributed by atoms with E-state index in [2.05, 4.69) is 12.2 Å². The van der Waals surface area contributed by atoms with Crippen molar-refractivity contribution >= 4 is 29.2 Å². The van der Waals surface area contributed by atoms with E-state index in [1.54, 1.807) is 0 Å². The Kier molecular flexibility index (Phi) is 7.70. The summed E-state index contributed by atoms with van der Waals surface area (Å²) in [5.74, 6) is -0.668. The molecule has 2 aromatic rings. The third-order valence-corrected chi connectivity index (χ3v) is 4.81. The van der Waals surface area contributed by atoms with Gasteiger partial charge < -0.3 is 20.5 Å². The van der Waals surface area contributed by atoms with Crippen LogP contribution in [0.5, 0.6) is 5.75 Å². The van der Waals surface area contributed by atoms with E-state index < -0.39 is 12.1 Å². The molecule has 150 valence electrons. The highest BCUT2D eigenvalue weighted by Crippen LogP contribution is 2.29. The van der Waals surface area contributed by atoms with Gasteiger partial charge in [-0.1, -0.05) is 48.9 Å². The monoisotopic (exact) mass is 404 g/mol. The molecule has 0 aliphatic carbocycles. The molecule has 0 aliphatic heterocycles. The van der Waals surface area contributed by atoms with Crippen molar-refractivity contribution in [2.24, 2.45) is 0 Å². The Balaban J connectivity index is 1.98. The molecule has 7 heteroatoms. The molecule has 0 fully saturated rings. The van der Waals surface area contributed by atoms with Crippen LogP contribution in [-0.4, -0.2) is 31.6 Å². The highest BCUT2D eigenvalue weighted by molar-refractivity contribution is 6.33. The van der Waals surface area contributed by atoms with Crippen LogP contribution >= 0.6 is 11.6 Å². The van der Waals surface area contributed by atoms with E-state index in [0.29, 0.717) is 6.54 Å². The molecule has 3 N–H and O–H groups in total. The minimum absolute atomic E-state index is 0.108. The van der Waals surface area contributed by atoms with E-state index >= 15 is 0 Å². The van der Waals surface area contributed by atoms with Gasteiger partial charge in [-0.2, -0.15) is 0 Å². The van der Waals surface area contributed by atoms with Crippen LogP contribution in [0.3, 0.4) is 0 Å². The number of anilines is 1. The highest BCUT2D eigenvalue weighted by Gasteiger charge is 2.23. The van der Waals surface area contributed by atoms with Crippen LogP contribution in [0, 0.1) is 0 Å². The number of benzene rings is 2. The maximum atomic E-state index is 12.4. The van der Waals surface area contributed by atoms with Crippen molar-refractivity contribution in [2.75, 3.05) is 19.4 Å². The van der Waals surface area contributed by atoms with Gasteiger partial charge in [-0.25, -0.2) is 4.79 Å². The number of esters is 1. The number of halogens is 1. The van der Waals surface area contributed by atoms with Crippen molar-refractivity contribution in [3.63, 3.8) is 0 Å². The molecule has 2 rings (SSSR count). The fourth-order valence-electron chi connectivity index (χ4n) is 2.77. The summed E-state index contributed by atoms with van der Waals surface area (Å²) in [6.07, 6.45) is -0.0959. The van der Waals surface area contributed by atoms with Crippen LogP contribution in [0.25, 0.3) is 0 Å². The van der Waals surface area contributed by atoms with E-state index in [0.717, 1.165) is 12.0 Å². The third-order valence-electron chi connectivity index (χ3n) is 4.48. The molecule has 2 aromatic carbocycles. The third kappa shape index (κ3) is 5.39. The molecule has 6 nitrogen and oxygen atoms in total. The first-order valence-corrected chi connectivity index (χ1v) is 9.41. The number of carbonyl (C=O) groups is 2.